The van der Waals surface area contributed by atoms with Crippen molar-refractivity contribution in [2.75, 3.05) is 18.0 Å². The molecule has 1 fully saturated rings. The van der Waals surface area contributed by atoms with Crippen molar-refractivity contribution < 1.29 is 9.53 Å². The summed E-state index contributed by atoms with van der Waals surface area (Å²) in [5, 5.41) is 3.08. The van der Waals surface area contributed by atoms with E-state index in [1.165, 1.54) is 24.1 Å². The molecule has 0 radical (unpaired) electrons. The third-order valence-electron chi connectivity index (χ3n) is 5.78. The number of hydrogen-bond donors (Lipinski definition) is 1. The number of amides is 1. The maximum absolute atomic E-state index is 12.6. The molecule has 4 heteroatoms. The summed E-state index contributed by atoms with van der Waals surface area (Å²) in [6.45, 7) is 12.4. The van der Waals surface area contributed by atoms with Crippen LogP contribution in [0.2, 0.25) is 0 Å². The van der Waals surface area contributed by atoms with Gasteiger partial charge in [-0.05, 0) is 75.8 Å². The Balaban J connectivity index is 1.57. The molecule has 29 heavy (non-hydrogen) atoms. The molecule has 2 aromatic rings. The maximum Gasteiger partial charge on any atom is 0.261 e. The Kier molecular flexibility index (Phi) is 6.83. The highest BCUT2D eigenvalue weighted by Gasteiger charge is 2.20. The van der Waals surface area contributed by atoms with Gasteiger partial charge in [0.1, 0.15) is 5.75 Å². The average molecular weight is 395 g/mol. The lowest BCUT2D eigenvalue weighted by molar-refractivity contribution is -0.127. The number of piperidine rings is 1. The van der Waals surface area contributed by atoms with Crippen LogP contribution in [0.4, 0.5) is 5.69 Å². The Hall–Kier alpha value is -2.49. The fraction of sp³-hybridized carbons (Fsp3) is 0.480. The summed E-state index contributed by atoms with van der Waals surface area (Å²) >= 11 is 0. The predicted molar refractivity (Wildman–Crippen MR) is 120 cm³/mol. The molecule has 2 aromatic carbocycles. The zero-order valence-corrected chi connectivity index (χ0v) is 18.4. The fourth-order valence-electron chi connectivity index (χ4n) is 3.99. The summed E-state index contributed by atoms with van der Waals surface area (Å²) in [5.74, 6) is 1.40. The van der Waals surface area contributed by atoms with Crippen molar-refractivity contribution in [3.63, 3.8) is 0 Å². The standard InChI is InChI=1S/C25H34N2O2/c1-17-8-13-24(19(3)15-17)29-21(5)25(28)26-20(4)22-9-11-23(12-10-22)27-14-6-7-18(2)16-27/h8-13,15,18,20-21H,6-7,14,16H2,1-5H3,(H,26,28)/t18-,20-,21+/m1/s1. The lowest BCUT2D eigenvalue weighted by Gasteiger charge is -2.33. The van der Waals surface area contributed by atoms with Crippen molar-refractivity contribution >= 4 is 11.6 Å². The van der Waals surface area contributed by atoms with Gasteiger partial charge in [0, 0.05) is 18.8 Å². The van der Waals surface area contributed by atoms with Gasteiger partial charge in [-0.25, -0.2) is 0 Å². The van der Waals surface area contributed by atoms with Crippen molar-refractivity contribution in [3.8, 4) is 5.75 Å². The molecule has 1 heterocycles. The molecule has 1 saturated heterocycles. The Labute approximate surface area is 175 Å². The average Bonchev–Trinajstić information content (AvgIpc) is 2.70. The van der Waals surface area contributed by atoms with Crippen LogP contribution in [0.15, 0.2) is 42.5 Å². The van der Waals surface area contributed by atoms with Gasteiger partial charge in [0.15, 0.2) is 6.10 Å². The monoisotopic (exact) mass is 394 g/mol. The first-order chi connectivity index (χ1) is 13.8. The molecule has 3 rings (SSSR count). The molecule has 0 aliphatic carbocycles. The Morgan fingerprint density at radius 1 is 1.14 bits per heavy atom. The molecule has 3 atom stereocenters. The molecule has 1 aliphatic rings. The summed E-state index contributed by atoms with van der Waals surface area (Å²) in [4.78, 5) is 15.1. The predicted octanol–water partition coefficient (Wildman–Crippen LogP) is 5.18. The second kappa shape index (κ2) is 9.34. The van der Waals surface area contributed by atoms with Crippen LogP contribution in [-0.4, -0.2) is 25.1 Å². The molecule has 0 aromatic heterocycles. The Morgan fingerprint density at radius 2 is 1.86 bits per heavy atom. The topological polar surface area (TPSA) is 41.6 Å². The molecule has 0 saturated carbocycles. The number of aryl methyl sites for hydroxylation is 2. The number of carbonyl (C=O) groups is 1. The number of ether oxygens (including phenoxy) is 1. The van der Waals surface area contributed by atoms with E-state index in [1.807, 2.05) is 32.9 Å². The minimum atomic E-state index is -0.548. The van der Waals surface area contributed by atoms with E-state index in [9.17, 15) is 4.79 Å². The lowest BCUT2D eigenvalue weighted by atomic mass is 9.99. The molecule has 0 unspecified atom stereocenters. The number of nitrogens with zero attached hydrogens (tertiary/aromatic N) is 1. The van der Waals surface area contributed by atoms with Gasteiger partial charge in [-0.3, -0.25) is 4.79 Å². The van der Waals surface area contributed by atoms with Gasteiger partial charge in [-0.2, -0.15) is 0 Å². The van der Waals surface area contributed by atoms with Crippen LogP contribution in [0.25, 0.3) is 0 Å². The first-order valence-electron chi connectivity index (χ1n) is 10.7. The number of anilines is 1. The molecular formula is C25H34N2O2. The van der Waals surface area contributed by atoms with E-state index in [4.69, 9.17) is 4.74 Å². The van der Waals surface area contributed by atoms with Crippen molar-refractivity contribution in [3.05, 3.63) is 59.2 Å². The van der Waals surface area contributed by atoms with Crippen molar-refractivity contribution in [1.82, 2.24) is 5.32 Å². The number of hydrogen-bond acceptors (Lipinski definition) is 3. The summed E-state index contributed by atoms with van der Waals surface area (Å²) < 4.78 is 5.89. The second-order valence-electron chi connectivity index (χ2n) is 8.54. The van der Waals surface area contributed by atoms with Gasteiger partial charge in [-0.15, -0.1) is 0 Å². The minimum Gasteiger partial charge on any atom is -0.481 e. The van der Waals surface area contributed by atoms with E-state index >= 15 is 0 Å². The molecule has 1 aliphatic heterocycles. The summed E-state index contributed by atoms with van der Waals surface area (Å²) in [6, 6.07) is 14.5. The maximum atomic E-state index is 12.6. The SMILES string of the molecule is Cc1ccc(O[C@@H](C)C(=O)N[C@H](C)c2ccc(N3CCC[C@@H](C)C3)cc2)c(C)c1. The molecule has 156 valence electrons. The van der Waals surface area contributed by atoms with E-state index in [0.717, 1.165) is 35.9 Å². The van der Waals surface area contributed by atoms with Crippen LogP contribution in [0.1, 0.15) is 56.3 Å². The van der Waals surface area contributed by atoms with Crippen LogP contribution >= 0.6 is 0 Å². The van der Waals surface area contributed by atoms with Gasteiger partial charge < -0.3 is 15.0 Å². The summed E-state index contributed by atoms with van der Waals surface area (Å²) in [6.07, 6.45) is 2.03. The Bertz CT molecular complexity index is 831. The van der Waals surface area contributed by atoms with Gasteiger partial charge in [0.2, 0.25) is 0 Å². The lowest BCUT2D eigenvalue weighted by Crippen LogP contribution is -2.38. The van der Waals surface area contributed by atoms with Gasteiger partial charge in [0.05, 0.1) is 6.04 Å². The summed E-state index contributed by atoms with van der Waals surface area (Å²) in [5.41, 5.74) is 4.60. The van der Waals surface area contributed by atoms with E-state index in [1.54, 1.807) is 6.92 Å². The molecule has 1 N–H and O–H groups in total. The van der Waals surface area contributed by atoms with Gasteiger partial charge in [-0.1, -0.05) is 36.8 Å². The van der Waals surface area contributed by atoms with Crippen molar-refractivity contribution in [2.24, 2.45) is 5.92 Å². The highest BCUT2D eigenvalue weighted by molar-refractivity contribution is 5.81. The summed E-state index contributed by atoms with van der Waals surface area (Å²) in [7, 11) is 0. The van der Waals surface area contributed by atoms with Crippen LogP contribution in [0, 0.1) is 19.8 Å². The third-order valence-corrected chi connectivity index (χ3v) is 5.78. The number of carbonyl (C=O) groups excluding carboxylic acids is 1. The fourth-order valence-corrected chi connectivity index (χ4v) is 3.99. The van der Waals surface area contributed by atoms with Crippen molar-refractivity contribution in [1.29, 1.82) is 0 Å². The second-order valence-corrected chi connectivity index (χ2v) is 8.54. The minimum absolute atomic E-state index is 0.0676. The number of benzene rings is 2. The molecule has 4 nitrogen and oxygen atoms in total. The van der Waals surface area contributed by atoms with E-state index in [0.29, 0.717) is 0 Å². The molecule has 0 spiro atoms. The smallest absolute Gasteiger partial charge is 0.261 e. The molecular weight excluding hydrogens is 360 g/mol. The van der Waals surface area contributed by atoms with E-state index in [-0.39, 0.29) is 11.9 Å². The normalized spacial score (nSPS) is 18.8. The van der Waals surface area contributed by atoms with Crippen molar-refractivity contribution in [2.45, 2.75) is 59.6 Å². The number of rotatable bonds is 6. The largest absolute Gasteiger partial charge is 0.481 e. The van der Waals surface area contributed by atoms with Crippen LogP contribution in [0.3, 0.4) is 0 Å². The highest BCUT2D eigenvalue weighted by atomic mass is 16.5. The van der Waals surface area contributed by atoms with E-state index < -0.39 is 6.10 Å². The first kappa shape index (κ1) is 21.2. The highest BCUT2D eigenvalue weighted by Crippen LogP contribution is 2.25. The van der Waals surface area contributed by atoms with Crippen LogP contribution in [0.5, 0.6) is 5.75 Å². The quantitative estimate of drug-likeness (QED) is 0.733. The molecule has 0 bridgehead atoms. The van der Waals surface area contributed by atoms with E-state index in [2.05, 4.69) is 47.5 Å². The zero-order valence-electron chi connectivity index (χ0n) is 18.4. The van der Waals surface area contributed by atoms with Crippen LogP contribution < -0.4 is 15.0 Å². The Morgan fingerprint density at radius 3 is 2.52 bits per heavy atom. The van der Waals surface area contributed by atoms with Crippen LogP contribution in [-0.2, 0) is 4.79 Å². The van der Waals surface area contributed by atoms with Gasteiger partial charge in [0.25, 0.3) is 5.91 Å². The zero-order chi connectivity index (χ0) is 21.0. The van der Waals surface area contributed by atoms with Gasteiger partial charge >= 0.3 is 0 Å². The molecule has 1 amide bonds. The first-order valence-corrected chi connectivity index (χ1v) is 10.7. The third kappa shape index (κ3) is 5.53. The number of nitrogens with one attached hydrogen (secondary N) is 1.